The van der Waals surface area contributed by atoms with E-state index in [1.807, 2.05) is 0 Å². The van der Waals surface area contributed by atoms with Crippen LogP contribution in [0.2, 0.25) is 0 Å². The Morgan fingerprint density at radius 3 is 2.50 bits per heavy atom. The van der Waals surface area contributed by atoms with E-state index >= 15 is 0 Å². The molecule has 0 aromatic heterocycles. The highest BCUT2D eigenvalue weighted by Crippen LogP contribution is 2.73. The van der Waals surface area contributed by atoms with Crippen molar-refractivity contribution in [1.29, 1.82) is 0 Å². The van der Waals surface area contributed by atoms with Crippen LogP contribution in [0.4, 0.5) is 0 Å². The molecule has 3 rings (SSSR count). The first-order valence-corrected chi connectivity index (χ1v) is 8.23. The third kappa shape index (κ3) is 1.86. The number of carbonyl (C=O) groups excluding carboxylic acids is 1. The maximum atomic E-state index is 12.0. The molecule has 1 aliphatic carbocycles. The second kappa shape index (κ2) is 4.33. The number of fused-ring (bicyclic) bond motifs is 1. The molecule has 20 heavy (non-hydrogen) atoms. The molecule has 2 aliphatic rings. The molecular weight excluding hydrogens is 314 g/mol. The minimum atomic E-state index is 0.0714. The van der Waals surface area contributed by atoms with Crippen LogP contribution < -0.4 is 5.32 Å². The summed E-state index contributed by atoms with van der Waals surface area (Å²) in [7, 11) is 0. The number of amides is 1. The van der Waals surface area contributed by atoms with Crippen molar-refractivity contribution in [2.75, 3.05) is 6.54 Å². The van der Waals surface area contributed by atoms with E-state index in [1.165, 1.54) is 11.1 Å². The second-order valence-electron chi connectivity index (χ2n) is 7.25. The Morgan fingerprint density at radius 1 is 1.25 bits per heavy atom. The number of hydrogen-bond donors (Lipinski definition) is 1. The van der Waals surface area contributed by atoms with Crippen molar-refractivity contribution >= 4 is 21.8 Å². The minimum absolute atomic E-state index is 0.0714. The maximum Gasteiger partial charge on any atom is 0.251 e. The van der Waals surface area contributed by atoms with E-state index in [2.05, 4.69) is 67.1 Å². The zero-order chi connectivity index (χ0) is 14.7. The molecule has 3 heteroatoms. The van der Waals surface area contributed by atoms with Gasteiger partial charge in [0, 0.05) is 16.9 Å². The van der Waals surface area contributed by atoms with Gasteiger partial charge in [-0.1, -0.05) is 55.8 Å². The van der Waals surface area contributed by atoms with Gasteiger partial charge >= 0.3 is 0 Å². The van der Waals surface area contributed by atoms with Crippen LogP contribution in [0.25, 0.3) is 0 Å². The molecule has 1 N–H and O–H groups in total. The van der Waals surface area contributed by atoms with Crippen molar-refractivity contribution in [3.8, 4) is 0 Å². The lowest BCUT2D eigenvalue weighted by molar-refractivity contribution is 0.0946. The SMILES string of the molecule is CC1(C)C(C(Br)c2ccc3c(c2)C(=O)NCC3)C1(C)C. The molecule has 108 valence electrons. The van der Waals surface area contributed by atoms with Crippen molar-refractivity contribution in [3.05, 3.63) is 34.9 Å². The quantitative estimate of drug-likeness (QED) is 0.810. The molecule has 1 aliphatic heterocycles. The molecule has 1 fully saturated rings. The summed E-state index contributed by atoms with van der Waals surface area (Å²) in [5.74, 6) is 0.668. The number of benzene rings is 1. The van der Waals surface area contributed by atoms with Gasteiger partial charge in [0.05, 0.1) is 0 Å². The molecule has 2 nitrogen and oxygen atoms in total. The summed E-state index contributed by atoms with van der Waals surface area (Å²) in [5, 5.41) is 2.93. The van der Waals surface area contributed by atoms with Crippen LogP contribution in [0, 0.1) is 16.7 Å². The largest absolute Gasteiger partial charge is 0.352 e. The van der Waals surface area contributed by atoms with Gasteiger partial charge < -0.3 is 5.32 Å². The molecule has 1 unspecified atom stereocenters. The number of halogens is 1. The Morgan fingerprint density at radius 2 is 1.90 bits per heavy atom. The van der Waals surface area contributed by atoms with Gasteiger partial charge in [0.1, 0.15) is 0 Å². The molecule has 0 radical (unpaired) electrons. The fourth-order valence-corrected chi connectivity index (χ4v) is 5.38. The molecule has 0 bridgehead atoms. The molecule has 1 heterocycles. The topological polar surface area (TPSA) is 29.1 Å². The van der Waals surface area contributed by atoms with E-state index in [-0.39, 0.29) is 5.91 Å². The normalized spacial score (nSPS) is 24.8. The molecule has 1 aromatic rings. The predicted molar refractivity (Wildman–Crippen MR) is 85.2 cm³/mol. The van der Waals surface area contributed by atoms with Crippen LogP contribution in [-0.2, 0) is 6.42 Å². The third-order valence-electron chi connectivity index (χ3n) is 5.80. The van der Waals surface area contributed by atoms with Gasteiger partial charge in [-0.2, -0.15) is 0 Å². The van der Waals surface area contributed by atoms with Gasteiger partial charge in [-0.05, 0) is 40.4 Å². The summed E-state index contributed by atoms with van der Waals surface area (Å²) in [6.45, 7) is 10.1. The molecular formula is C17H22BrNO. The summed E-state index contributed by atoms with van der Waals surface area (Å²) in [4.78, 5) is 12.3. The average molecular weight is 336 g/mol. The first-order chi connectivity index (χ1) is 9.26. The van der Waals surface area contributed by atoms with Crippen molar-refractivity contribution in [2.45, 2.75) is 38.9 Å². The lowest BCUT2D eigenvalue weighted by Gasteiger charge is -2.19. The van der Waals surface area contributed by atoms with Crippen LogP contribution in [0.5, 0.6) is 0 Å². The van der Waals surface area contributed by atoms with Crippen molar-refractivity contribution in [3.63, 3.8) is 0 Å². The van der Waals surface area contributed by atoms with Gasteiger partial charge in [0.2, 0.25) is 0 Å². The number of hydrogen-bond acceptors (Lipinski definition) is 1. The van der Waals surface area contributed by atoms with Crippen LogP contribution in [0.15, 0.2) is 18.2 Å². The lowest BCUT2D eigenvalue weighted by atomic mass is 9.94. The van der Waals surface area contributed by atoms with E-state index < -0.39 is 0 Å². The number of rotatable bonds is 2. The Labute approximate surface area is 129 Å². The second-order valence-corrected chi connectivity index (χ2v) is 8.23. The standard InChI is InChI=1S/C17H22BrNO/c1-16(2)14(17(16,3)4)13(18)11-6-5-10-7-8-19-15(20)12(10)9-11/h5-6,9,13-14H,7-8H2,1-4H3,(H,19,20). The average Bonchev–Trinajstić information content (AvgIpc) is 2.79. The lowest BCUT2D eigenvalue weighted by Crippen LogP contribution is -2.31. The summed E-state index contributed by atoms with van der Waals surface area (Å²) in [6.07, 6.45) is 0.939. The first-order valence-electron chi connectivity index (χ1n) is 7.32. The smallest absolute Gasteiger partial charge is 0.251 e. The number of carbonyl (C=O) groups is 1. The van der Waals surface area contributed by atoms with Gasteiger partial charge in [-0.25, -0.2) is 0 Å². The Bertz CT molecular complexity index is 562. The van der Waals surface area contributed by atoms with Crippen molar-refractivity contribution in [2.24, 2.45) is 16.7 Å². The number of nitrogens with one attached hydrogen (secondary N) is 1. The zero-order valence-electron chi connectivity index (χ0n) is 12.6. The summed E-state index contributed by atoms with van der Waals surface area (Å²) in [5.41, 5.74) is 3.92. The van der Waals surface area contributed by atoms with E-state index in [4.69, 9.17) is 0 Å². The van der Waals surface area contributed by atoms with Gasteiger partial charge in [0.25, 0.3) is 5.91 Å². The molecule has 0 spiro atoms. The maximum absolute atomic E-state index is 12.0. The Hall–Kier alpha value is -0.830. The fourth-order valence-electron chi connectivity index (χ4n) is 3.77. The molecule has 1 saturated carbocycles. The summed E-state index contributed by atoms with van der Waals surface area (Å²) in [6, 6.07) is 6.38. The van der Waals surface area contributed by atoms with Gasteiger partial charge in [-0.15, -0.1) is 0 Å². The van der Waals surface area contributed by atoms with Crippen molar-refractivity contribution in [1.82, 2.24) is 5.32 Å². The predicted octanol–water partition coefficient (Wildman–Crippen LogP) is 4.09. The van der Waals surface area contributed by atoms with E-state index in [0.29, 0.717) is 21.6 Å². The molecule has 1 amide bonds. The van der Waals surface area contributed by atoms with Crippen LogP contribution in [-0.4, -0.2) is 12.5 Å². The molecule has 1 aromatic carbocycles. The van der Waals surface area contributed by atoms with Gasteiger partial charge in [0.15, 0.2) is 0 Å². The highest BCUT2D eigenvalue weighted by molar-refractivity contribution is 9.09. The van der Waals surface area contributed by atoms with E-state index in [9.17, 15) is 4.79 Å². The van der Waals surface area contributed by atoms with Crippen molar-refractivity contribution < 1.29 is 4.79 Å². The summed E-state index contributed by atoms with van der Waals surface area (Å²) >= 11 is 3.88. The summed E-state index contributed by atoms with van der Waals surface area (Å²) < 4.78 is 0. The van der Waals surface area contributed by atoms with Crippen LogP contribution in [0.3, 0.4) is 0 Å². The van der Waals surface area contributed by atoms with Gasteiger partial charge in [-0.3, -0.25) is 4.79 Å². The zero-order valence-corrected chi connectivity index (χ0v) is 14.2. The molecule has 1 atom stereocenters. The Kier molecular flexibility index (Phi) is 3.06. The number of alkyl halides is 1. The van der Waals surface area contributed by atoms with Crippen LogP contribution in [0.1, 0.15) is 54.0 Å². The molecule has 0 saturated heterocycles. The first kappa shape index (κ1) is 14.1. The van der Waals surface area contributed by atoms with E-state index in [1.54, 1.807) is 0 Å². The fraction of sp³-hybridized carbons (Fsp3) is 0.588. The van der Waals surface area contributed by atoms with Crippen LogP contribution >= 0.6 is 15.9 Å². The highest BCUT2D eigenvalue weighted by Gasteiger charge is 2.66. The Balaban J connectivity index is 1.93. The minimum Gasteiger partial charge on any atom is -0.352 e. The third-order valence-corrected chi connectivity index (χ3v) is 6.86. The van der Waals surface area contributed by atoms with E-state index in [0.717, 1.165) is 18.5 Å². The monoisotopic (exact) mass is 335 g/mol. The highest BCUT2D eigenvalue weighted by atomic mass is 79.9.